The van der Waals surface area contributed by atoms with E-state index in [1.165, 1.54) is 10.9 Å². The van der Waals surface area contributed by atoms with Crippen LogP contribution in [0.2, 0.25) is 0 Å². The molecule has 1 saturated carbocycles. The van der Waals surface area contributed by atoms with E-state index in [1.807, 2.05) is 5.32 Å². The predicted octanol–water partition coefficient (Wildman–Crippen LogP) is 1.29. The first-order valence-electron chi connectivity index (χ1n) is 4.78. The highest BCUT2D eigenvalue weighted by molar-refractivity contribution is 5.84. The van der Waals surface area contributed by atoms with E-state index in [0.717, 1.165) is 12.8 Å². The summed E-state index contributed by atoms with van der Waals surface area (Å²) in [5.41, 5.74) is -0.317. The van der Waals surface area contributed by atoms with Crippen molar-refractivity contribution in [2.45, 2.75) is 19.4 Å². The van der Waals surface area contributed by atoms with Crippen molar-refractivity contribution in [3.63, 3.8) is 0 Å². The fraction of sp³-hybridized carbons (Fsp3) is 0.500. The van der Waals surface area contributed by atoms with Crippen LogP contribution in [0.25, 0.3) is 0 Å². The van der Waals surface area contributed by atoms with Crippen molar-refractivity contribution in [1.82, 2.24) is 9.78 Å². The van der Waals surface area contributed by atoms with Gasteiger partial charge < -0.3 is 5.11 Å². The highest BCUT2D eigenvalue weighted by atomic mass is 16.6. The lowest BCUT2D eigenvalue weighted by Gasteiger charge is -1.96. The van der Waals surface area contributed by atoms with E-state index in [1.54, 1.807) is 0 Å². The number of anilines is 1. The molecule has 86 valence electrons. The van der Waals surface area contributed by atoms with E-state index in [4.69, 9.17) is 5.11 Å². The zero-order valence-electron chi connectivity index (χ0n) is 8.29. The number of amides is 1. The second-order valence-electron chi connectivity index (χ2n) is 3.72. The summed E-state index contributed by atoms with van der Waals surface area (Å²) in [6.45, 7) is 0.599. The Labute approximate surface area is 90.0 Å². The normalized spacial score (nSPS) is 14.8. The summed E-state index contributed by atoms with van der Waals surface area (Å²) >= 11 is 0. The maximum Gasteiger partial charge on any atom is 0.410 e. The van der Waals surface area contributed by atoms with Crippen LogP contribution >= 0.6 is 0 Å². The van der Waals surface area contributed by atoms with Crippen molar-refractivity contribution in [3.8, 4) is 0 Å². The van der Waals surface area contributed by atoms with Gasteiger partial charge in [-0.1, -0.05) is 0 Å². The zero-order chi connectivity index (χ0) is 11.7. The quantitative estimate of drug-likeness (QED) is 0.593. The number of nitrogens with one attached hydrogen (secondary N) is 1. The summed E-state index contributed by atoms with van der Waals surface area (Å²) in [7, 11) is 0. The Bertz CT molecular complexity index is 437. The molecule has 1 fully saturated rings. The largest absolute Gasteiger partial charge is 0.465 e. The predicted molar refractivity (Wildman–Crippen MR) is 53.3 cm³/mol. The third-order valence-electron chi connectivity index (χ3n) is 2.31. The lowest BCUT2D eigenvalue weighted by molar-refractivity contribution is -0.384. The maximum atomic E-state index is 10.6. The first kappa shape index (κ1) is 10.4. The number of carboxylic acid groups (broad SMARTS) is 1. The van der Waals surface area contributed by atoms with Gasteiger partial charge in [0.1, 0.15) is 6.20 Å². The lowest BCUT2D eigenvalue weighted by Crippen LogP contribution is -2.10. The monoisotopic (exact) mass is 226 g/mol. The first-order chi connectivity index (χ1) is 7.56. The van der Waals surface area contributed by atoms with Gasteiger partial charge in [-0.3, -0.25) is 20.1 Å². The molecule has 0 saturated heterocycles. The second kappa shape index (κ2) is 3.80. The van der Waals surface area contributed by atoms with E-state index in [9.17, 15) is 14.9 Å². The third-order valence-corrected chi connectivity index (χ3v) is 2.31. The summed E-state index contributed by atoms with van der Waals surface area (Å²) in [4.78, 5) is 20.4. The molecule has 0 radical (unpaired) electrons. The van der Waals surface area contributed by atoms with Crippen molar-refractivity contribution in [3.05, 3.63) is 16.3 Å². The van der Waals surface area contributed by atoms with Crippen molar-refractivity contribution in [2.75, 3.05) is 5.32 Å². The highest BCUT2D eigenvalue weighted by Gasteiger charge is 2.26. The van der Waals surface area contributed by atoms with E-state index >= 15 is 0 Å². The number of hydrogen-bond acceptors (Lipinski definition) is 4. The molecule has 0 aromatic carbocycles. The number of nitro groups is 1. The Hall–Kier alpha value is -2.12. The summed E-state index contributed by atoms with van der Waals surface area (Å²) in [6, 6.07) is 0. The van der Waals surface area contributed by atoms with Crippen LogP contribution in [0.1, 0.15) is 12.8 Å². The van der Waals surface area contributed by atoms with Gasteiger partial charge in [0.2, 0.25) is 5.82 Å². The SMILES string of the molecule is O=C(O)Nc1nn(CC2CC2)cc1[N+](=O)[O-]. The zero-order valence-corrected chi connectivity index (χ0v) is 8.29. The average Bonchev–Trinajstić information content (AvgIpc) is 2.87. The number of nitrogens with zero attached hydrogens (tertiary/aromatic N) is 3. The smallest absolute Gasteiger partial charge is 0.410 e. The fourth-order valence-corrected chi connectivity index (χ4v) is 1.39. The molecule has 0 atom stereocenters. The van der Waals surface area contributed by atoms with E-state index in [2.05, 4.69) is 5.10 Å². The molecule has 1 aliphatic carbocycles. The number of aromatic nitrogens is 2. The van der Waals surface area contributed by atoms with Crippen LogP contribution in [0.3, 0.4) is 0 Å². The second-order valence-corrected chi connectivity index (χ2v) is 3.72. The summed E-state index contributed by atoms with van der Waals surface area (Å²) in [6.07, 6.45) is 2.08. The topological polar surface area (TPSA) is 110 Å². The molecule has 2 N–H and O–H groups in total. The summed E-state index contributed by atoms with van der Waals surface area (Å²) in [5, 5.41) is 24.9. The minimum atomic E-state index is -1.36. The van der Waals surface area contributed by atoms with Gasteiger partial charge in [-0.2, -0.15) is 0 Å². The third kappa shape index (κ3) is 2.27. The van der Waals surface area contributed by atoms with Crippen LogP contribution in [-0.2, 0) is 6.54 Å². The highest BCUT2D eigenvalue weighted by Crippen LogP contribution is 2.31. The molecule has 2 rings (SSSR count). The van der Waals surface area contributed by atoms with Gasteiger partial charge in [-0.25, -0.2) is 4.79 Å². The van der Waals surface area contributed by atoms with Gasteiger partial charge in [-0.05, 0) is 18.8 Å². The molecule has 1 aromatic heterocycles. The van der Waals surface area contributed by atoms with Crippen molar-refractivity contribution in [1.29, 1.82) is 0 Å². The molecule has 1 amide bonds. The molecule has 0 unspecified atom stereocenters. The maximum absolute atomic E-state index is 10.6. The van der Waals surface area contributed by atoms with Gasteiger partial charge in [0.25, 0.3) is 0 Å². The van der Waals surface area contributed by atoms with Crippen LogP contribution in [0.15, 0.2) is 6.20 Å². The van der Waals surface area contributed by atoms with Gasteiger partial charge in [0.15, 0.2) is 0 Å². The molecule has 1 heterocycles. The van der Waals surface area contributed by atoms with Gasteiger partial charge >= 0.3 is 11.8 Å². The van der Waals surface area contributed by atoms with Gasteiger partial charge in [0.05, 0.1) is 4.92 Å². The van der Waals surface area contributed by atoms with Crippen LogP contribution < -0.4 is 5.32 Å². The molecule has 0 spiro atoms. The van der Waals surface area contributed by atoms with Crippen LogP contribution in [0.4, 0.5) is 16.3 Å². The Morgan fingerprint density at radius 1 is 1.75 bits per heavy atom. The molecule has 8 nitrogen and oxygen atoms in total. The van der Waals surface area contributed by atoms with Crippen molar-refractivity contribution < 1.29 is 14.8 Å². The summed E-state index contributed by atoms with van der Waals surface area (Å²) in [5.74, 6) is 0.287. The Morgan fingerprint density at radius 3 is 2.94 bits per heavy atom. The molecular weight excluding hydrogens is 216 g/mol. The molecule has 0 bridgehead atoms. The van der Waals surface area contributed by atoms with Crippen LogP contribution in [0, 0.1) is 16.0 Å². The Kier molecular flexibility index (Phi) is 2.47. The van der Waals surface area contributed by atoms with E-state index in [-0.39, 0.29) is 11.5 Å². The van der Waals surface area contributed by atoms with Crippen molar-refractivity contribution in [2.24, 2.45) is 5.92 Å². The lowest BCUT2D eigenvalue weighted by atomic mass is 10.4. The molecule has 1 aliphatic rings. The van der Waals surface area contributed by atoms with Crippen LogP contribution in [-0.4, -0.2) is 25.9 Å². The molecule has 8 heteroatoms. The van der Waals surface area contributed by atoms with Crippen molar-refractivity contribution >= 4 is 17.6 Å². The Balaban J connectivity index is 2.21. The minimum Gasteiger partial charge on any atom is -0.465 e. The fourth-order valence-electron chi connectivity index (χ4n) is 1.39. The van der Waals surface area contributed by atoms with Gasteiger partial charge in [-0.15, -0.1) is 5.10 Å². The standard InChI is InChI=1S/C8H10N4O4/c13-8(14)9-7-6(12(15)16)4-11(10-7)3-5-1-2-5/h4-5H,1-3H2,(H,9,10)(H,13,14). The number of carbonyl (C=O) groups is 1. The van der Waals surface area contributed by atoms with Crippen LogP contribution in [0.5, 0.6) is 0 Å². The molecule has 0 aliphatic heterocycles. The first-order valence-corrected chi connectivity index (χ1v) is 4.78. The Morgan fingerprint density at radius 2 is 2.44 bits per heavy atom. The summed E-state index contributed by atoms with van der Waals surface area (Å²) < 4.78 is 1.42. The number of hydrogen-bond donors (Lipinski definition) is 2. The van der Waals surface area contributed by atoms with E-state index in [0.29, 0.717) is 12.5 Å². The molecule has 1 aromatic rings. The molecular formula is C8H10N4O4. The van der Waals surface area contributed by atoms with Gasteiger partial charge in [0, 0.05) is 6.54 Å². The molecule has 16 heavy (non-hydrogen) atoms. The van der Waals surface area contributed by atoms with E-state index < -0.39 is 11.0 Å². The minimum absolute atomic E-state index is 0.224. The number of rotatable bonds is 4. The average molecular weight is 226 g/mol.